The molecular formula is C11H9N5. The van der Waals surface area contributed by atoms with E-state index in [4.69, 9.17) is 5.26 Å². The molecule has 0 saturated carbocycles. The normalized spacial score (nSPS) is 9.44. The number of hydrogen-bond acceptors (Lipinski definition) is 5. The summed E-state index contributed by atoms with van der Waals surface area (Å²) in [6.45, 7) is 0.585. The zero-order valence-electron chi connectivity index (χ0n) is 8.46. The van der Waals surface area contributed by atoms with Crippen LogP contribution in [0.5, 0.6) is 0 Å². The van der Waals surface area contributed by atoms with Crippen LogP contribution in [0.15, 0.2) is 36.8 Å². The first-order valence-electron chi connectivity index (χ1n) is 4.74. The number of nitrogens with one attached hydrogen (secondary N) is 1. The number of nitrogens with zero attached hydrogens (tertiary/aromatic N) is 4. The SMILES string of the molecule is N#Cc1cnc(NCc2ccccn2)cn1. The Labute approximate surface area is 92.8 Å². The molecule has 0 aromatic carbocycles. The van der Waals surface area contributed by atoms with Crippen molar-refractivity contribution in [2.24, 2.45) is 0 Å². The maximum Gasteiger partial charge on any atom is 0.158 e. The van der Waals surface area contributed by atoms with Crippen molar-refractivity contribution in [1.29, 1.82) is 5.26 Å². The Hall–Kier alpha value is -2.48. The van der Waals surface area contributed by atoms with Crippen LogP contribution in [0.25, 0.3) is 0 Å². The van der Waals surface area contributed by atoms with Crippen LogP contribution in [-0.2, 0) is 6.54 Å². The lowest BCUT2D eigenvalue weighted by molar-refractivity contribution is 1.02. The summed E-state index contributed by atoms with van der Waals surface area (Å²) in [4.78, 5) is 12.1. The molecule has 0 atom stereocenters. The average molecular weight is 211 g/mol. The second kappa shape index (κ2) is 4.84. The Morgan fingerprint density at radius 3 is 2.75 bits per heavy atom. The Kier molecular flexibility index (Phi) is 3.04. The van der Waals surface area contributed by atoms with Crippen molar-refractivity contribution in [2.75, 3.05) is 5.32 Å². The molecule has 0 radical (unpaired) electrons. The first-order valence-corrected chi connectivity index (χ1v) is 4.74. The van der Waals surface area contributed by atoms with Gasteiger partial charge in [-0.2, -0.15) is 5.26 Å². The molecule has 0 aliphatic rings. The van der Waals surface area contributed by atoms with E-state index in [1.807, 2.05) is 24.3 Å². The predicted octanol–water partition coefficient (Wildman–Crippen LogP) is 1.36. The number of aromatic nitrogens is 3. The molecule has 2 aromatic rings. The summed E-state index contributed by atoms with van der Waals surface area (Å²) in [7, 11) is 0. The van der Waals surface area contributed by atoms with Gasteiger partial charge in [0.05, 0.1) is 24.6 Å². The standard InChI is InChI=1S/C11H9N5/c12-5-10-7-16-11(8-14-10)15-6-9-3-1-2-4-13-9/h1-4,7-8H,6H2,(H,15,16). The molecule has 2 rings (SSSR count). The van der Waals surface area contributed by atoms with Gasteiger partial charge in [0, 0.05) is 6.20 Å². The molecule has 0 amide bonds. The van der Waals surface area contributed by atoms with Crippen molar-refractivity contribution in [1.82, 2.24) is 15.0 Å². The first-order chi connectivity index (χ1) is 7.88. The minimum Gasteiger partial charge on any atom is -0.363 e. The van der Waals surface area contributed by atoms with Gasteiger partial charge in [0.15, 0.2) is 5.69 Å². The van der Waals surface area contributed by atoms with Gasteiger partial charge in [0.1, 0.15) is 11.9 Å². The van der Waals surface area contributed by atoms with Crippen LogP contribution in [0.2, 0.25) is 0 Å². The number of anilines is 1. The van der Waals surface area contributed by atoms with Gasteiger partial charge in [-0.25, -0.2) is 9.97 Å². The second-order valence-electron chi connectivity index (χ2n) is 3.07. The molecule has 0 spiro atoms. The fourth-order valence-corrected chi connectivity index (χ4v) is 1.16. The highest BCUT2D eigenvalue weighted by atomic mass is 15.0. The van der Waals surface area contributed by atoms with E-state index in [2.05, 4.69) is 20.3 Å². The molecule has 0 aliphatic heterocycles. The lowest BCUT2D eigenvalue weighted by Crippen LogP contribution is -2.03. The lowest BCUT2D eigenvalue weighted by atomic mass is 10.3. The minimum absolute atomic E-state index is 0.309. The van der Waals surface area contributed by atoms with Gasteiger partial charge in [-0.3, -0.25) is 4.98 Å². The molecule has 2 aromatic heterocycles. The van der Waals surface area contributed by atoms with Crippen LogP contribution in [0.3, 0.4) is 0 Å². The number of nitriles is 1. The summed E-state index contributed by atoms with van der Waals surface area (Å²) in [6, 6.07) is 7.63. The number of rotatable bonds is 3. The van der Waals surface area contributed by atoms with Gasteiger partial charge in [0.25, 0.3) is 0 Å². The molecule has 0 aliphatic carbocycles. The minimum atomic E-state index is 0.309. The van der Waals surface area contributed by atoms with E-state index in [0.717, 1.165) is 5.69 Å². The van der Waals surface area contributed by atoms with Crippen molar-refractivity contribution in [2.45, 2.75) is 6.54 Å². The third kappa shape index (κ3) is 2.51. The number of hydrogen-bond donors (Lipinski definition) is 1. The summed E-state index contributed by atoms with van der Waals surface area (Å²) in [5.74, 6) is 0.629. The fraction of sp³-hybridized carbons (Fsp3) is 0.0909. The lowest BCUT2D eigenvalue weighted by Gasteiger charge is -2.03. The predicted molar refractivity (Wildman–Crippen MR) is 58.3 cm³/mol. The topological polar surface area (TPSA) is 74.5 Å². The zero-order valence-corrected chi connectivity index (χ0v) is 8.46. The van der Waals surface area contributed by atoms with E-state index >= 15 is 0 Å². The summed E-state index contributed by atoms with van der Waals surface area (Å²) < 4.78 is 0. The van der Waals surface area contributed by atoms with Gasteiger partial charge < -0.3 is 5.32 Å². The fourth-order valence-electron chi connectivity index (χ4n) is 1.16. The van der Waals surface area contributed by atoms with E-state index in [-0.39, 0.29) is 0 Å². The average Bonchev–Trinajstić information content (AvgIpc) is 2.38. The van der Waals surface area contributed by atoms with Gasteiger partial charge in [-0.05, 0) is 12.1 Å². The Morgan fingerprint density at radius 1 is 1.19 bits per heavy atom. The van der Waals surface area contributed by atoms with Crippen LogP contribution in [0.4, 0.5) is 5.82 Å². The zero-order chi connectivity index (χ0) is 11.2. The van der Waals surface area contributed by atoms with Crippen molar-refractivity contribution in [3.63, 3.8) is 0 Å². The molecule has 5 heteroatoms. The Bertz CT molecular complexity index is 486. The van der Waals surface area contributed by atoms with Crippen molar-refractivity contribution < 1.29 is 0 Å². The summed E-state index contributed by atoms with van der Waals surface area (Å²) in [5, 5.41) is 11.6. The molecule has 0 saturated heterocycles. The molecule has 78 valence electrons. The molecule has 1 N–H and O–H groups in total. The van der Waals surface area contributed by atoms with E-state index < -0.39 is 0 Å². The molecule has 0 fully saturated rings. The van der Waals surface area contributed by atoms with Crippen molar-refractivity contribution in [3.05, 3.63) is 48.2 Å². The maximum atomic E-state index is 8.55. The van der Waals surface area contributed by atoms with Gasteiger partial charge >= 0.3 is 0 Å². The van der Waals surface area contributed by atoms with Crippen LogP contribution in [0.1, 0.15) is 11.4 Å². The highest BCUT2D eigenvalue weighted by Crippen LogP contribution is 2.02. The van der Waals surface area contributed by atoms with Crippen LogP contribution in [0, 0.1) is 11.3 Å². The van der Waals surface area contributed by atoms with Crippen LogP contribution >= 0.6 is 0 Å². The molecule has 16 heavy (non-hydrogen) atoms. The molecule has 0 bridgehead atoms. The van der Waals surface area contributed by atoms with Gasteiger partial charge in [-0.15, -0.1) is 0 Å². The van der Waals surface area contributed by atoms with E-state index in [0.29, 0.717) is 18.1 Å². The van der Waals surface area contributed by atoms with Crippen LogP contribution < -0.4 is 5.32 Å². The highest BCUT2D eigenvalue weighted by Gasteiger charge is 1.97. The molecule has 0 unspecified atom stereocenters. The van der Waals surface area contributed by atoms with Crippen molar-refractivity contribution in [3.8, 4) is 6.07 Å². The molecule has 2 heterocycles. The second-order valence-corrected chi connectivity index (χ2v) is 3.07. The maximum absolute atomic E-state index is 8.55. The van der Waals surface area contributed by atoms with E-state index in [9.17, 15) is 0 Å². The third-order valence-corrected chi connectivity index (χ3v) is 1.94. The third-order valence-electron chi connectivity index (χ3n) is 1.94. The molecule has 5 nitrogen and oxygen atoms in total. The van der Waals surface area contributed by atoms with E-state index in [1.165, 1.54) is 12.4 Å². The summed E-state index contributed by atoms with van der Waals surface area (Å²) >= 11 is 0. The Morgan fingerprint density at radius 2 is 2.12 bits per heavy atom. The largest absolute Gasteiger partial charge is 0.363 e. The first kappa shape index (κ1) is 10.1. The van der Waals surface area contributed by atoms with E-state index in [1.54, 1.807) is 6.20 Å². The van der Waals surface area contributed by atoms with Crippen LogP contribution in [-0.4, -0.2) is 15.0 Å². The monoisotopic (exact) mass is 211 g/mol. The van der Waals surface area contributed by atoms with Gasteiger partial charge in [-0.1, -0.05) is 6.07 Å². The summed E-state index contributed by atoms with van der Waals surface area (Å²) in [6.07, 6.45) is 4.70. The Balaban J connectivity index is 1.98. The molecular weight excluding hydrogens is 202 g/mol. The summed E-state index contributed by atoms with van der Waals surface area (Å²) in [5.41, 5.74) is 1.23. The van der Waals surface area contributed by atoms with Crippen molar-refractivity contribution >= 4 is 5.82 Å². The quantitative estimate of drug-likeness (QED) is 0.829. The smallest absolute Gasteiger partial charge is 0.158 e. The number of pyridine rings is 1. The highest BCUT2D eigenvalue weighted by molar-refractivity contribution is 5.33. The van der Waals surface area contributed by atoms with Gasteiger partial charge in [0.2, 0.25) is 0 Å².